The number of amides is 1. The molecule has 0 saturated carbocycles. The van der Waals surface area contributed by atoms with Crippen molar-refractivity contribution in [3.8, 4) is 11.4 Å². The molecule has 0 radical (unpaired) electrons. The van der Waals surface area contributed by atoms with Crippen molar-refractivity contribution in [1.82, 2.24) is 9.55 Å². The van der Waals surface area contributed by atoms with E-state index in [9.17, 15) is 9.59 Å². The molecule has 0 fully saturated rings. The van der Waals surface area contributed by atoms with Crippen LogP contribution in [-0.4, -0.2) is 15.5 Å². The lowest BCUT2D eigenvalue weighted by Gasteiger charge is -2.15. The zero-order valence-electron chi connectivity index (χ0n) is 16.1. The van der Waals surface area contributed by atoms with Gasteiger partial charge >= 0.3 is 0 Å². The van der Waals surface area contributed by atoms with Crippen molar-refractivity contribution in [3.05, 3.63) is 80.7 Å². The topological polar surface area (TPSA) is 64.0 Å². The predicted octanol–water partition coefficient (Wildman–Crippen LogP) is 4.38. The second-order valence-electron chi connectivity index (χ2n) is 6.73. The van der Waals surface area contributed by atoms with E-state index in [0.717, 1.165) is 16.8 Å². The van der Waals surface area contributed by atoms with Gasteiger partial charge in [0.15, 0.2) is 0 Å². The van der Waals surface area contributed by atoms with Gasteiger partial charge in [0, 0.05) is 28.0 Å². The Kier molecular flexibility index (Phi) is 5.95. The molecule has 1 heterocycles. The van der Waals surface area contributed by atoms with Gasteiger partial charge in [-0.3, -0.25) is 14.2 Å². The zero-order chi connectivity index (χ0) is 20.3. The smallest absolute Gasteiger partial charge is 0.254 e. The van der Waals surface area contributed by atoms with E-state index in [1.54, 1.807) is 18.2 Å². The maximum atomic E-state index is 12.7. The lowest BCUT2D eigenvalue weighted by molar-refractivity contribution is -0.116. The van der Waals surface area contributed by atoms with E-state index < -0.39 is 0 Å². The second-order valence-corrected chi connectivity index (χ2v) is 7.16. The number of hydrogen-bond acceptors (Lipinski definition) is 3. The number of nitrogens with zero attached hydrogens (tertiary/aromatic N) is 2. The van der Waals surface area contributed by atoms with Crippen LogP contribution >= 0.6 is 11.6 Å². The van der Waals surface area contributed by atoms with Crippen LogP contribution in [-0.2, 0) is 17.8 Å². The van der Waals surface area contributed by atoms with Crippen LogP contribution in [0.5, 0.6) is 0 Å². The summed E-state index contributed by atoms with van der Waals surface area (Å²) in [4.78, 5) is 30.0. The first-order valence-corrected chi connectivity index (χ1v) is 9.49. The Balaban J connectivity index is 1.98. The van der Waals surface area contributed by atoms with Crippen molar-refractivity contribution in [3.63, 3.8) is 0 Å². The number of aromatic nitrogens is 2. The molecule has 0 saturated heterocycles. The number of anilines is 1. The Labute approximate surface area is 169 Å². The molecule has 6 heteroatoms. The molecule has 3 aromatic rings. The third-order valence-electron chi connectivity index (χ3n) is 4.48. The van der Waals surface area contributed by atoms with Crippen LogP contribution in [0.3, 0.4) is 0 Å². The molecule has 0 spiro atoms. The number of halogens is 1. The average molecular weight is 396 g/mol. The van der Waals surface area contributed by atoms with Crippen molar-refractivity contribution in [2.75, 3.05) is 5.32 Å². The van der Waals surface area contributed by atoms with Gasteiger partial charge in [0.25, 0.3) is 5.56 Å². The van der Waals surface area contributed by atoms with Gasteiger partial charge in [-0.05, 0) is 49.6 Å². The van der Waals surface area contributed by atoms with E-state index in [4.69, 9.17) is 11.6 Å². The summed E-state index contributed by atoms with van der Waals surface area (Å²) >= 11 is 6.11. The monoisotopic (exact) mass is 395 g/mol. The average Bonchev–Trinajstić information content (AvgIpc) is 2.66. The Hall–Kier alpha value is -2.92. The summed E-state index contributed by atoms with van der Waals surface area (Å²) in [6.07, 6.45) is 0.623. The van der Waals surface area contributed by atoms with Crippen LogP contribution in [0.2, 0.25) is 5.02 Å². The van der Waals surface area contributed by atoms with Gasteiger partial charge in [-0.25, -0.2) is 4.98 Å². The Morgan fingerprint density at radius 2 is 1.93 bits per heavy atom. The summed E-state index contributed by atoms with van der Waals surface area (Å²) in [7, 11) is 0. The number of aryl methyl sites for hydroxylation is 3. The number of hydrogen-bond donors (Lipinski definition) is 1. The van der Waals surface area contributed by atoms with Gasteiger partial charge in [-0.2, -0.15) is 0 Å². The Morgan fingerprint density at radius 3 is 2.64 bits per heavy atom. The quantitative estimate of drug-likeness (QED) is 0.697. The van der Waals surface area contributed by atoms with Crippen LogP contribution in [0.1, 0.15) is 23.7 Å². The molecule has 3 rings (SSSR count). The fourth-order valence-corrected chi connectivity index (χ4v) is 3.13. The van der Waals surface area contributed by atoms with E-state index in [-0.39, 0.29) is 18.0 Å². The van der Waals surface area contributed by atoms with Crippen molar-refractivity contribution in [1.29, 1.82) is 0 Å². The van der Waals surface area contributed by atoms with E-state index in [1.165, 1.54) is 10.6 Å². The molecule has 1 N–H and O–H groups in total. The number of carbonyl (C=O) groups excluding carboxylic acids is 1. The molecular weight excluding hydrogens is 374 g/mol. The van der Waals surface area contributed by atoms with E-state index in [2.05, 4.69) is 10.3 Å². The molecule has 5 nitrogen and oxygen atoms in total. The molecule has 2 aromatic carbocycles. The largest absolute Gasteiger partial charge is 0.324 e. The molecule has 0 atom stereocenters. The number of carbonyl (C=O) groups is 1. The first-order valence-electron chi connectivity index (χ1n) is 9.11. The van der Waals surface area contributed by atoms with E-state index in [0.29, 0.717) is 28.5 Å². The minimum Gasteiger partial charge on any atom is -0.324 e. The standard InChI is InChI=1S/C22H22ClN3O2/c1-4-18-12-21(28)26(22(24-18)16-6-5-7-17(23)11-16)13-20(27)25-19-10-14(2)8-9-15(19)3/h5-12H,4,13H2,1-3H3,(H,25,27). The molecule has 28 heavy (non-hydrogen) atoms. The summed E-state index contributed by atoms with van der Waals surface area (Å²) in [6, 6.07) is 14.4. The molecule has 0 aliphatic rings. The number of rotatable bonds is 5. The maximum absolute atomic E-state index is 12.7. The summed E-state index contributed by atoms with van der Waals surface area (Å²) < 4.78 is 1.38. The molecule has 1 aromatic heterocycles. The van der Waals surface area contributed by atoms with Gasteiger partial charge in [-0.1, -0.05) is 42.8 Å². The Bertz CT molecular complexity index is 1090. The fraction of sp³-hybridized carbons (Fsp3) is 0.227. The molecule has 1 amide bonds. The summed E-state index contributed by atoms with van der Waals surface area (Å²) in [5.41, 5.74) is 3.84. The first-order chi connectivity index (χ1) is 13.4. The van der Waals surface area contributed by atoms with Crippen molar-refractivity contribution in [2.45, 2.75) is 33.7 Å². The molecular formula is C22H22ClN3O2. The number of benzene rings is 2. The van der Waals surface area contributed by atoms with Crippen LogP contribution < -0.4 is 10.9 Å². The molecule has 0 aliphatic heterocycles. The van der Waals surface area contributed by atoms with Crippen LogP contribution in [0.4, 0.5) is 5.69 Å². The molecule has 0 aliphatic carbocycles. The van der Waals surface area contributed by atoms with Crippen molar-refractivity contribution < 1.29 is 4.79 Å². The minimum atomic E-state index is -0.287. The maximum Gasteiger partial charge on any atom is 0.254 e. The minimum absolute atomic E-state index is 0.134. The third-order valence-corrected chi connectivity index (χ3v) is 4.71. The van der Waals surface area contributed by atoms with E-state index in [1.807, 2.05) is 45.0 Å². The summed E-state index contributed by atoms with van der Waals surface area (Å²) in [6.45, 7) is 5.69. The van der Waals surface area contributed by atoms with E-state index >= 15 is 0 Å². The van der Waals surface area contributed by atoms with Crippen LogP contribution in [0, 0.1) is 13.8 Å². The zero-order valence-corrected chi connectivity index (χ0v) is 16.9. The summed E-state index contributed by atoms with van der Waals surface area (Å²) in [5, 5.41) is 3.43. The first kappa shape index (κ1) is 19.8. The van der Waals surface area contributed by atoms with Gasteiger partial charge < -0.3 is 5.32 Å². The Morgan fingerprint density at radius 1 is 1.14 bits per heavy atom. The van der Waals surface area contributed by atoms with Crippen LogP contribution in [0.25, 0.3) is 11.4 Å². The highest BCUT2D eigenvalue weighted by atomic mass is 35.5. The normalized spacial score (nSPS) is 10.7. The predicted molar refractivity (Wildman–Crippen MR) is 113 cm³/mol. The SMILES string of the molecule is CCc1cc(=O)n(CC(=O)Nc2cc(C)ccc2C)c(-c2cccc(Cl)c2)n1. The van der Waals surface area contributed by atoms with Gasteiger partial charge in [0.2, 0.25) is 5.91 Å². The van der Waals surface area contributed by atoms with Gasteiger partial charge in [0.1, 0.15) is 12.4 Å². The molecule has 0 bridgehead atoms. The summed E-state index contributed by atoms with van der Waals surface area (Å²) in [5.74, 6) is 0.146. The second kappa shape index (κ2) is 8.40. The number of nitrogens with one attached hydrogen (secondary N) is 1. The highest BCUT2D eigenvalue weighted by Crippen LogP contribution is 2.21. The highest BCUT2D eigenvalue weighted by molar-refractivity contribution is 6.30. The highest BCUT2D eigenvalue weighted by Gasteiger charge is 2.15. The van der Waals surface area contributed by atoms with Gasteiger partial charge in [0.05, 0.1) is 0 Å². The lowest BCUT2D eigenvalue weighted by atomic mass is 10.1. The lowest BCUT2D eigenvalue weighted by Crippen LogP contribution is -2.30. The third kappa shape index (κ3) is 4.49. The van der Waals surface area contributed by atoms with Gasteiger partial charge in [-0.15, -0.1) is 0 Å². The fourth-order valence-electron chi connectivity index (χ4n) is 2.94. The van der Waals surface area contributed by atoms with Crippen LogP contribution in [0.15, 0.2) is 53.3 Å². The molecule has 0 unspecified atom stereocenters. The van der Waals surface area contributed by atoms with Crippen molar-refractivity contribution >= 4 is 23.2 Å². The molecule has 144 valence electrons. The van der Waals surface area contributed by atoms with Crippen molar-refractivity contribution in [2.24, 2.45) is 0 Å².